The number of fused-ring (bicyclic) bond motifs is 1. The molecule has 1 aliphatic heterocycles. The third-order valence-electron chi connectivity index (χ3n) is 6.23. The van der Waals surface area contributed by atoms with Crippen LogP contribution in [0.15, 0.2) is 66.1 Å². The van der Waals surface area contributed by atoms with Crippen molar-refractivity contribution in [3.63, 3.8) is 0 Å². The molecule has 10 heteroatoms. The molecule has 1 atom stereocenters. The number of halogens is 1. The molecule has 1 amide bonds. The van der Waals surface area contributed by atoms with Crippen LogP contribution < -0.4 is 21.5 Å². The number of benzene rings is 2. The van der Waals surface area contributed by atoms with Gasteiger partial charge in [0.25, 0.3) is 5.56 Å². The second-order valence-electron chi connectivity index (χ2n) is 8.35. The predicted octanol–water partition coefficient (Wildman–Crippen LogP) is 2.52. The number of amides is 1. The summed E-state index contributed by atoms with van der Waals surface area (Å²) in [6, 6.07) is 11.5. The molecule has 2 aromatic heterocycles. The molecule has 35 heavy (non-hydrogen) atoms. The largest absolute Gasteiger partial charge is 0.454 e. The first-order chi connectivity index (χ1) is 16.9. The minimum Gasteiger partial charge on any atom is -0.454 e. The van der Waals surface area contributed by atoms with Crippen LogP contribution in [0.1, 0.15) is 17.9 Å². The van der Waals surface area contributed by atoms with Gasteiger partial charge in [0.05, 0.1) is 5.39 Å². The maximum Gasteiger partial charge on any atom is 0.274 e. The van der Waals surface area contributed by atoms with Crippen LogP contribution in [0, 0.1) is 5.82 Å². The number of nitrogens with one attached hydrogen (secondary N) is 1. The van der Waals surface area contributed by atoms with Crippen LogP contribution in [0.25, 0.3) is 16.6 Å². The highest BCUT2D eigenvalue weighted by Crippen LogP contribution is 2.35. The summed E-state index contributed by atoms with van der Waals surface area (Å²) in [5.74, 6) is -0.209. The van der Waals surface area contributed by atoms with Crippen molar-refractivity contribution < 1.29 is 13.9 Å². The van der Waals surface area contributed by atoms with Crippen molar-refractivity contribution in [3.05, 3.63) is 83.1 Å². The number of nitrogens with zero attached hydrogens (tertiary/aromatic N) is 3. The van der Waals surface area contributed by atoms with Gasteiger partial charge >= 0.3 is 0 Å². The molecule has 8 nitrogen and oxygen atoms in total. The Bertz CT molecular complexity index is 1510. The summed E-state index contributed by atoms with van der Waals surface area (Å²) in [4.78, 5) is 26.6. The minimum atomic E-state index is -0.628. The lowest BCUT2D eigenvalue weighted by Crippen LogP contribution is -2.26. The zero-order valence-corrected chi connectivity index (χ0v) is 18.7. The number of carbonyl (C=O) groups is 1. The van der Waals surface area contributed by atoms with Crippen LogP contribution in [0.4, 0.5) is 10.2 Å². The number of H-pyrrole nitrogens is 1. The number of nitrogens with two attached hydrogens (primary N) is 1. The molecular formula is C25H21BFN5O3. The van der Waals surface area contributed by atoms with Gasteiger partial charge in [0, 0.05) is 30.9 Å². The number of ether oxygens (including phenoxy) is 1. The van der Waals surface area contributed by atoms with Crippen molar-refractivity contribution in [2.24, 2.45) is 0 Å². The van der Waals surface area contributed by atoms with E-state index in [-0.39, 0.29) is 34.4 Å². The van der Waals surface area contributed by atoms with Gasteiger partial charge in [-0.15, -0.1) is 0 Å². The first kappa shape index (κ1) is 22.5. The molecule has 3 heterocycles. The quantitative estimate of drug-likeness (QED) is 0.345. The van der Waals surface area contributed by atoms with Gasteiger partial charge in [-0.25, -0.2) is 9.49 Å². The van der Waals surface area contributed by atoms with Crippen LogP contribution in [0.3, 0.4) is 0 Å². The van der Waals surface area contributed by atoms with Crippen LogP contribution in [-0.2, 0) is 4.79 Å². The Hall–Kier alpha value is -4.34. The van der Waals surface area contributed by atoms with Gasteiger partial charge < -0.3 is 19.9 Å². The van der Waals surface area contributed by atoms with E-state index in [2.05, 4.69) is 16.8 Å². The fourth-order valence-corrected chi connectivity index (χ4v) is 4.50. The minimum absolute atomic E-state index is 0.000994. The maximum atomic E-state index is 14.2. The van der Waals surface area contributed by atoms with Gasteiger partial charge in [0.1, 0.15) is 19.1 Å². The first-order valence-corrected chi connectivity index (χ1v) is 11.0. The van der Waals surface area contributed by atoms with E-state index in [0.717, 1.165) is 5.56 Å². The SMILES string of the molecule is [B]c1cccc(Oc2ccc(-n3cc([C@@H]4CCN(C(=O)C=C)C4)c4c(=O)[nH]nc(N)c43)cc2)c1F. The summed E-state index contributed by atoms with van der Waals surface area (Å²) in [7, 11) is 5.61. The number of aromatic nitrogens is 3. The monoisotopic (exact) mass is 469 g/mol. The number of hydrogen-bond donors (Lipinski definition) is 2. The number of anilines is 1. The van der Waals surface area contributed by atoms with E-state index in [1.807, 2.05) is 6.20 Å². The first-order valence-electron chi connectivity index (χ1n) is 11.0. The van der Waals surface area contributed by atoms with Crippen molar-refractivity contribution in [2.75, 3.05) is 18.8 Å². The molecule has 174 valence electrons. The second kappa shape index (κ2) is 8.79. The normalized spacial score (nSPS) is 15.5. The van der Waals surface area contributed by atoms with Crippen LogP contribution >= 0.6 is 0 Å². The van der Waals surface area contributed by atoms with E-state index < -0.39 is 5.82 Å². The molecule has 4 aromatic rings. The number of aromatic amines is 1. The summed E-state index contributed by atoms with van der Waals surface area (Å²) >= 11 is 0. The second-order valence-corrected chi connectivity index (χ2v) is 8.35. The van der Waals surface area contributed by atoms with Crippen molar-refractivity contribution >= 4 is 35.9 Å². The van der Waals surface area contributed by atoms with E-state index in [4.69, 9.17) is 18.3 Å². The molecule has 2 radical (unpaired) electrons. The Morgan fingerprint density at radius 1 is 1.29 bits per heavy atom. The van der Waals surface area contributed by atoms with Crippen LogP contribution in [-0.4, -0.2) is 46.5 Å². The Labute approximate surface area is 201 Å². The van der Waals surface area contributed by atoms with Crippen molar-refractivity contribution in [3.8, 4) is 17.2 Å². The van der Waals surface area contributed by atoms with Crippen molar-refractivity contribution in [1.82, 2.24) is 19.7 Å². The van der Waals surface area contributed by atoms with E-state index in [1.54, 1.807) is 39.8 Å². The Balaban J connectivity index is 1.53. The van der Waals surface area contributed by atoms with Gasteiger partial charge in [-0.3, -0.25) is 9.59 Å². The maximum absolute atomic E-state index is 14.2. The molecule has 0 saturated carbocycles. The average molecular weight is 469 g/mol. The molecule has 0 spiro atoms. The molecule has 1 aliphatic rings. The molecule has 1 fully saturated rings. The fourth-order valence-electron chi connectivity index (χ4n) is 4.50. The highest BCUT2D eigenvalue weighted by Gasteiger charge is 2.30. The highest BCUT2D eigenvalue weighted by molar-refractivity contribution is 6.32. The van der Waals surface area contributed by atoms with E-state index in [9.17, 15) is 14.0 Å². The number of nitrogen functional groups attached to an aromatic ring is 1. The lowest BCUT2D eigenvalue weighted by molar-refractivity contribution is -0.125. The molecule has 2 aromatic carbocycles. The molecule has 0 aliphatic carbocycles. The van der Waals surface area contributed by atoms with Gasteiger partial charge in [0.2, 0.25) is 5.91 Å². The van der Waals surface area contributed by atoms with Gasteiger partial charge in [-0.2, -0.15) is 5.10 Å². The van der Waals surface area contributed by atoms with Crippen molar-refractivity contribution in [2.45, 2.75) is 12.3 Å². The number of likely N-dealkylation sites (tertiary alicyclic amines) is 1. The zero-order valence-electron chi connectivity index (χ0n) is 18.7. The standard InChI is InChI=1S/C25H21BFN5O3/c1-2-20(33)31-11-10-14(12-31)17-13-32(23-21(17)25(34)30-29-24(23)28)15-6-8-16(9-7-15)35-19-5-3-4-18(26)22(19)27/h2-9,13-14H,1,10-12H2,(H2,28,29)(H,30,34)/t14-/m1/s1. The van der Waals surface area contributed by atoms with Gasteiger partial charge in [0.15, 0.2) is 17.4 Å². The predicted molar refractivity (Wildman–Crippen MR) is 132 cm³/mol. The van der Waals surface area contributed by atoms with E-state index >= 15 is 0 Å². The zero-order chi connectivity index (χ0) is 24.7. The number of rotatable bonds is 5. The Morgan fingerprint density at radius 2 is 2.06 bits per heavy atom. The summed E-state index contributed by atoms with van der Waals surface area (Å²) in [5.41, 5.74) is 7.80. The van der Waals surface area contributed by atoms with E-state index in [1.165, 1.54) is 18.2 Å². The smallest absolute Gasteiger partial charge is 0.274 e. The van der Waals surface area contributed by atoms with Crippen molar-refractivity contribution in [1.29, 1.82) is 0 Å². The molecular weight excluding hydrogens is 448 g/mol. The third kappa shape index (κ3) is 3.97. The fraction of sp³-hybridized carbons (Fsp3) is 0.160. The molecule has 3 N–H and O–H groups in total. The van der Waals surface area contributed by atoms with Crippen LogP contribution in [0.5, 0.6) is 11.5 Å². The van der Waals surface area contributed by atoms with Gasteiger partial charge in [-0.05, 0) is 48.4 Å². The van der Waals surface area contributed by atoms with E-state index in [0.29, 0.717) is 41.9 Å². The molecule has 1 saturated heterocycles. The summed E-state index contributed by atoms with van der Waals surface area (Å²) in [6.45, 7) is 4.61. The molecule has 0 bridgehead atoms. The Kier molecular flexibility index (Phi) is 5.64. The average Bonchev–Trinajstić information content (AvgIpc) is 3.50. The molecule has 5 rings (SSSR count). The molecule has 0 unspecified atom stereocenters. The number of carbonyl (C=O) groups excluding carboxylic acids is 1. The lowest BCUT2D eigenvalue weighted by atomic mass is 9.95. The Morgan fingerprint density at radius 3 is 2.80 bits per heavy atom. The topological polar surface area (TPSA) is 106 Å². The lowest BCUT2D eigenvalue weighted by Gasteiger charge is -2.13. The summed E-state index contributed by atoms with van der Waals surface area (Å²) in [5, 5.41) is 6.84. The highest BCUT2D eigenvalue weighted by atomic mass is 19.1. The third-order valence-corrected chi connectivity index (χ3v) is 6.23. The number of hydrogen-bond acceptors (Lipinski definition) is 5. The summed E-state index contributed by atoms with van der Waals surface area (Å²) < 4.78 is 21.6. The van der Waals surface area contributed by atoms with Crippen LogP contribution in [0.2, 0.25) is 0 Å². The van der Waals surface area contributed by atoms with Gasteiger partial charge in [-0.1, -0.05) is 24.2 Å². The summed E-state index contributed by atoms with van der Waals surface area (Å²) in [6.07, 6.45) is 3.86.